The van der Waals surface area contributed by atoms with E-state index in [1.54, 1.807) is 6.07 Å². The van der Waals surface area contributed by atoms with Crippen LogP contribution >= 0.6 is 0 Å². The van der Waals surface area contributed by atoms with Crippen molar-refractivity contribution in [3.63, 3.8) is 0 Å². The van der Waals surface area contributed by atoms with Gasteiger partial charge in [0.1, 0.15) is 5.82 Å². The third kappa shape index (κ3) is 4.66. The molecule has 4 nitrogen and oxygen atoms in total. The number of likely N-dealkylation sites (tertiary alicyclic amines) is 1. The first-order valence-electron chi connectivity index (χ1n) is 12.6. The maximum atomic E-state index is 13.5. The van der Waals surface area contributed by atoms with E-state index in [-0.39, 0.29) is 5.92 Å². The monoisotopic (exact) mass is 472 g/mol. The van der Waals surface area contributed by atoms with Crippen LogP contribution in [0.2, 0.25) is 0 Å². The van der Waals surface area contributed by atoms with Crippen LogP contribution in [-0.2, 0) is 6.18 Å². The summed E-state index contributed by atoms with van der Waals surface area (Å²) < 4.78 is 40.6. The van der Waals surface area contributed by atoms with E-state index in [0.29, 0.717) is 11.8 Å². The Balaban J connectivity index is 1.31. The number of halogens is 3. The smallest absolute Gasteiger partial charge is 0.374 e. The third-order valence-electron chi connectivity index (χ3n) is 8.10. The van der Waals surface area contributed by atoms with Gasteiger partial charge in [-0.1, -0.05) is 19.6 Å². The van der Waals surface area contributed by atoms with Crippen molar-refractivity contribution in [1.29, 1.82) is 0 Å². The van der Waals surface area contributed by atoms with Crippen LogP contribution in [0.15, 0.2) is 48.8 Å². The fraction of sp³-hybridized carbons (Fsp3) is 0.556. The highest BCUT2D eigenvalue weighted by Gasteiger charge is 2.36. The number of aromatic nitrogens is 1. The van der Waals surface area contributed by atoms with E-state index >= 15 is 0 Å². The van der Waals surface area contributed by atoms with Crippen LogP contribution < -0.4 is 9.80 Å². The van der Waals surface area contributed by atoms with Crippen molar-refractivity contribution in [2.75, 3.05) is 49.1 Å². The highest BCUT2D eigenvalue weighted by Crippen LogP contribution is 2.41. The Morgan fingerprint density at radius 2 is 1.74 bits per heavy atom. The summed E-state index contributed by atoms with van der Waals surface area (Å²) in [5, 5.41) is 0. The maximum Gasteiger partial charge on any atom is 0.416 e. The number of alkyl halides is 3. The largest absolute Gasteiger partial charge is 0.416 e. The van der Waals surface area contributed by atoms with E-state index in [4.69, 9.17) is 0 Å². The van der Waals surface area contributed by atoms with Crippen molar-refractivity contribution in [1.82, 2.24) is 9.88 Å². The molecule has 3 saturated heterocycles. The maximum absolute atomic E-state index is 13.5. The Morgan fingerprint density at radius 1 is 0.971 bits per heavy atom. The quantitative estimate of drug-likeness (QED) is 0.569. The Kier molecular flexibility index (Phi) is 6.30. The number of aromatic amines is 1. The summed E-state index contributed by atoms with van der Waals surface area (Å²) in [5.41, 5.74) is 2.49. The van der Waals surface area contributed by atoms with Gasteiger partial charge in [-0.3, -0.25) is 0 Å². The molecule has 3 fully saturated rings. The lowest BCUT2D eigenvalue weighted by atomic mass is 9.92. The van der Waals surface area contributed by atoms with Crippen LogP contribution in [0.1, 0.15) is 49.7 Å². The van der Waals surface area contributed by atoms with Crippen LogP contribution in [0.4, 0.5) is 24.7 Å². The number of hydrogen-bond acceptors (Lipinski definition) is 3. The number of nitrogens with zero attached hydrogens (tertiary/aromatic N) is 3. The second-order valence-electron chi connectivity index (χ2n) is 10.4. The van der Waals surface area contributed by atoms with Crippen molar-refractivity contribution in [2.45, 2.75) is 44.7 Å². The van der Waals surface area contributed by atoms with Gasteiger partial charge < -0.3 is 19.7 Å². The van der Waals surface area contributed by atoms with Crippen molar-refractivity contribution in [2.24, 2.45) is 11.8 Å². The molecule has 184 valence electrons. The molecule has 1 N–H and O–H groups in total. The van der Waals surface area contributed by atoms with E-state index in [1.807, 2.05) is 12.3 Å². The summed E-state index contributed by atoms with van der Waals surface area (Å²) in [5.74, 6) is 2.43. The number of anilines is 2. The number of H-pyrrole nitrogens is 1. The number of piperidine rings is 1. The molecule has 34 heavy (non-hydrogen) atoms. The van der Waals surface area contributed by atoms with Crippen LogP contribution in [0.5, 0.6) is 0 Å². The summed E-state index contributed by atoms with van der Waals surface area (Å²) in [7, 11) is 0. The zero-order valence-electron chi connectivity index (χ0n) is 19.9. The second-order valence-corrected chi connectivity index (χ2v) is 10.4. The van der Waals surface area contributed by atoms with E-state index in [0.717, 1.165) is 82.0 Å². The molecule has 0 saturated carbocycles. The molecule has 4 heterocycles. The van der Waals surface area contributed by atoms with Crippen LogP contribution in [0.25, 0.3) is 0 Å². The van der Waals surface area contributed by atoms with E-state index in [1.165, 1.54) is 17.8 Å². The number of benzene rings is 1. The van der Waals surface area contributed by atoms with Crippen LogP contribution in [0, 0.1) is 11.8 Å². The predicted octanol–water partition coefficient (Wildman–Crippen LogP) is 6.10. The van der Waals surface area contributed by atoms with E-state index in [2.05, 4.69) is 39.3 Å². The first-order chi connectivity index (χ1) is 16.3. The van der Waals surface area contributed by atoms with E-state index in [9.17, 15) is 13.2 Å². The fourth-order valence-electron chi connectivity index (χ4n) is 5.89. The van der Waals surface area contributed by atoms with Crippen LogP contribution in [-0.4, -0.2) is 49.2 Å². The zero-order chi connectivity index (χ0) is 23.9. The molecule has 0 aliphatic carbocycles. The number of nitrogens with one attached hydrogen (secondary N) is 1. The predicted molar refractivity (Wildman–Crippen MR) is 131 cm³/mol. The van der Waals surface area contributed by atoms with Crippen LogP contribution in [0.3, 0.4) is 0 Å². The standard InChI is InChI=1S/C27H35F3N4/c1-19-7-12-32(13-8-19)25-16-23(27(28,29)30)5-6-24(25)22-10-14-33(18-22)20(2)21-9-15-34(17-21)26-4-3-11-31-26/h3-6,11,16,19,21-22,31H,2,7-10,12-15,17-18H2,1H3. The molecule has 5 rings (SSSR count). The first kappa shape index (κ1) is 23.2. The van der Waals surface area contributed by atoms with Gasteiger partial charge in [-0.05, 0) is 61.4 Å². The SMILES string of the molecule is C=C(C1CCN(c2ccc[nH]2)C1)N1CCC(c2ccc(C(F)(F)F)cc2N2CCC(C)CC2)C1. The highest BCUT2D eigenvalue weighted by atomic mass is 19.4. The molecule has 0 amide bonds. The summed E-state index contributed by atoms with van der Waals surface area (Å²) >= 11 is 0. The average Bonchev–Trinajstić information content (AvgIpc) is 3.60. The molecule has 2 atom stereocenters. The summed E-state index contributed by atoms with van der Waals surface area (Å²) in [6.07, 6.45) is 1.72. The molecule has 7 heteroatoms. The number of hydrogen-bond donors (Lipinski definition) is 1. The molecule has 0 radical (unpaired) electrons. The minimum Gasteiger partial charge on any atom is -0.374 e. The lowest BCUT2D eigenvalue weighted by Gasteiger charge is -2.35. The first-order valence-corrected chi connectivity index (χ1v) is 12.6. The molecule has 0 spiro atoms. The van der Waals surface area contributed by atoms with Gasteiger partial charge in [0.15, 0.2) is 0 Å². The molecule has 1 aromatic carbocycles. The topological polar surface area (TPSA) is 25.5 Å². The normalized spacial score (nSPS) is 24.3. The summed E-state index contributed by atoms with van der Waals surface area (Å²) in [6.45, 7) is 12.1. The van der Waals surface area contributed by atoms with Gasteiger partial charge in [0, 0.05) is 68.7 Å². The van der Waals surface area contributed by atoms with Crippen molar-refractivity contribution >= 4 is 11.5 Å². The molecular weight excluding hydrogens is 437 g/mol. The Morgan fingerprint density at radius 3 is 2.44 bits per heavy atom. The molecule has 0 bridgehead atoms. The lowest BCUT2D eigenvalue weighted by molar-refractivity contribution is -0.137. The number of rotatable bonds is 5. The van der Waals surface area contributed by atoms with Gasteiger partial charge in [-0.25, -0.2) is 0 Å². The van der Waals surface area contributed by atoms with Gasteiger partial charge in [0.25, 0.3) is 0 Å². The molecule has 2 aromatic rings. The highest BCUT2D eigenvalue weighted by molar-refractivity contribution is 5.58. The van der Waals surface area contributed by atoms with Gasteiger partial charge >= 0.3 is 6.18 Å². The Bertz CT molecular complexity index is 992. The van der Waals surface area contributed by atoms with Gasteiger partial charge in [-0.2, -0.15) is 13.2 Å². The Hall–Kier alpha value is -2.57. The van der Waals surface area contributed by atoms with Gasteiger partial charge in [-0.15, -0.1) is 0 Å². The van der Waals surface area contributed by atoms with Crippen molar-refractivity contribution in [3.8, 4) is 0 Å². The lowest BCUT2D eigenvalue weighted by Crippen LogP contribution is -2.34. The minimum absolute atomic E-state index is 0.231. The van der Waals surface area contributed by atoms with Crippen molar-refractivity contribution in [3.05, 3.63) is 59.9 Å². The fourth-order valence-corrected chi connectivity index (χ4v) is 5.89. The van der Waals surface area contributed by atoms with Gasteiger partial charge in [0.2, 0.25) is 0 Å². The molecule has 3 aliphatic rings. The third-order valence-corrected chi connectivity index (χ3v) is 8.10. The Labute approximate surface area is 200 Å². The molecular formula is C27H35F3N4. The zero-order valence-corrected chi connectivity index (χ0v) is 19.9. The molecule has 1 aromatic heterocycles. The second kappa shape index (κ2) is 9.23. The van der Waals surface area contributed by atoms with Crippen molar-refractivity contribution < 1.29 is 13.2 Å². The average molecular weight is 473 g/mol. The summed E-state index contributed by atoms with van der Waals surface area (Å²) in [4.78, 5) is 10.2. The van der Waals surface area contributed by atoms with Gasteiger partial charge in [0.05, 0.1) is 5.56 Å². The molecule has 2 unspecified atom stereocenters. The summed E-state index contributed by atoms with van der Waals surface area (Å²) in [6, 6.07) is 8.54. The molecule has 3 aliphatic heterocycles. The van der Waals surface area contributed by atoms with E-state index < -0.39 is 11.7 Å². The minimum atomic E-state index is -4.32.